The maximum absolute atomic E-state index is 11.8. The zero-order chi connectivity index (χ0) is 62.5. The molecule has 0 fully saturated rings. The summed E-state index contributed by atoms with van der Waals surface area (Å²) >= 11 is 0. The highest BCUT2D eigenvalue weighted by Crippen LogP contribution is 2.12. The van der Waals surface area contributed by atoms with E-state index in [1.165, 1.54) is 143 Å². The lowest BCUT2D eigenvalue weighted by Gasteiger charge is -2.15. The van der Waals surface area contributed by atoms with E-state index in [0.29, 0.717) is 24.0 Å². The number of aryl methyl sites for hydroxylation is 2. The minimum Gasteiger partial charge on any atom is -0.481 e. The number of amides is 4. The van der Waals surface area contributed by atoms with Gasteiger partial charge in [0.05, 0.1) is 77.0 Å². The molecule has 0 saturated carbocycles. The lowest BCUT2D eigenvalue weighted by atomic mass is 10.1. The van der Waals surface area contributed by atoms with Crippen LogP contribution in [0.2, 0.25) is 0 Å². The smallest absolute Gasteiger partial charge is 0.303 e. The molecule has 0 bridgehead atoms. The number of rotatable bonds is 52. The molecule has 0 aliphatic carbocycles. The molecule has 23 nitrogen and oxygen atoms in total. The number of carboxylic acid groups (broad SMARTS) is 1. The summed E-state index contributed by atoms with van der Waals surface area (Å²) < 4.78 is 24.1. The zero-order valence-electron chi connectivity index (χ0n) is 53.1. The second-order valence-corrected chi connectivity index (χ2v) is 21.2. The largest absolute Gasteiger partial charge is 0.481 e. The van der Waals surface area contributed by atoms with E-state index >= 15 is 0 Å². The maximum atomic E-state index is 11.8. The van der Waals surface area contributed by atoms with Crippen LogP contribution in [0.3, 0.4) is 0 Å². The van der Waals surface area contributed by atoms with E-state index in [4.69, 9.17) is 34.3 Å². The number of ether oxygens (including phenoxy) is 4. The highest BCUT2D eigenvalue weighted by Gasteiger charge is 2.14. The number of carboxylic acids is 1. The molecular weight excluding hydrogens is 1090 g/mol. The van der Waals surface area contributed by atoms with Crippen LogP contribution in [-0.4, -0.2) is 160 Å². The summed E-state index contributed by atoms with van der Waals surface area (Å²) in [6, 6.07) is -0.886. The third kappa shape index (κ3) is 58.9. The molecule has 2 rings (SSSR count). The lowest BCUT2D eigenvalue weighted by molar-refractivity contribution is -0.137. The summed E-state index contributed by atoms with van der Waals surface area (Å²) in [5.41, 5.74) is 0. The van der Waals surface area contributed by atoms with E-state index in [0.717, 1.165) is 58.0 Å². The summed E-state index contributed by atoms with van der Waals surface area (Å²) in [5, 5.41) is 53.0. The molecule has 2 aromatic heterocycles. The first-order valence-corrected chi connectivity index (χ1v) is 31.8. The fourth-order valence-electron chi connectivity index (χ4n) is 8.17. The van der Waals surface area contributed by atoms with Gasteiger partial charge in [0.15, 0.2) is 0 Å². The molecule has 2 aromatic rings. The third-order valence-corrected chi connectivity index (χ3v) is 13.1. The van der Waals surface area contributed by atoms with Crippen molar-refractivity contribution in [1.82, 2.24) is 51.3 Å². The molecule has 0 aromatic carbocycles. The standard InChI is InChI=1S/C19H35N5O5.C18H33N5O5.C13H26O.C11H22O2.CH4/c1-3-4-5-6-7-11-24-13-19(22-23-24)29-12-9-17(26)20-10-8-18(27)21-16(14-25)15-28-2;1-3-4-5-6-10-23-12-18(21-22-23)28-11-8-16(25)19-9-7-17(26)20-15(13-24)14-27-2;1-3-4-5-6-7-8-9-10-11-12-13(2)14;1-2-3-4-5-6-7-8-9-10-11(12)13;/h13,16,25H,3-12,14-15H2,1-2H3,(H,20,26)(H,21,27);12,15,24H,3-11,13-14H2,1-2H3,(H,19,25)(H,20,26);3-12H2,1-2H3;2-10H2,1H3,(H,12,13);1H4. The normalized spacial score (nSPS) is 11.2. The van der Waals surface area contributed by atoms with Crippen LogP contribution < -0.4 is 30.7 Å². The molecule has 23 heteroatoms. The van der Waals surface area contributed by atoms with Crippen LogP contribution in [0.1, 0.15) is 248 Å². The number of aliphatic hydroxyl groups excluding tert-OH is 2. The maximum Gasteiger partial charge on any atom is 0.303 e. The molecule has 85 heavy (non-hydrogen) atoms. The van der Waals surface area contributed by atoms with Gasteiger partial charge in [-0.3, -0.25) is 24.0 Å². The summed E-state index contributed by atoms with van der Waals surface area (Å²) in [5.74, 6) is -0.465. The lowest BCUT2D eigenvalue weighted by Crippen LogP contribution is -2.41. The quantitative estimate of drug-likeness (QED) is 0.0303. The Morgan fingerprint density at radius 2 is 0.800 bits per heavy atom. The van der Waals surface area contributed by atoms with Crippen molar-refractivity contribution < 1.29 is 63.0 Å². The second-order valence-electron chi connectivity index (χ2n) is 21.2. The number of Topliss-reactive ketones (excluding diaryl/α,β-unsaturated/α-hetero) is 1. The van der Waals surface area contributed by atoms with Gasteiger partial charge in [0.2, 0.25) is 23.6 Å². The van der Waals surface area contributed by atoms with Crippen LogP contribution in [0, 0.1) is 0 Å². The van der Waals surface area contributed by atoms with Crippen molar-refractivity contribution in [2.45, 2.75) is 273 Å². The van der Waals surface area contributed by atoms with Crippen LogP contribution in [0.4, 0.5) is 0 Å². The van der Waals surface area contributed by atoms with Crippen molar-refractivity contribution in [3.05, 3.63) is 12.4 Å². The number of nitrogens with zero attached hydrogens (tertiary/aromatic N) is 6. The number of hydrogen-bond acceptors (Lipinski definition) is 16. The van der Waals surface area contributed by atoms with Gasteiger partial charge in [-0.25, -0.2) is 9.36 Å². The Hall–Kier alpha value is -5.26. The number of carbonyl (C=O) groups is 6. The number of ketones is 1. The molecule has 4 amide bonds. The van der Waals surface area contributed by atoms with E-state index < -0.39 is 18.1 Å². The first-order valence-electron chi connectivity index (χ1n) is 31.8. The van der Waals surface area contributed by atoms with Crippen molar-refractivity contribution in [1.29, 1.82) is 0 Å². The number of aliphatic hydroxyl groups is 2. The molecule has 0 aliphatic rings. The molecule has 0 saturated heterocycles. The van der Waals surface area contributed by atoms with E-state index in [2.05, 4.69) is 69.6 Å². The van der Waals surface area contributed by atoms with E-state index in [-0.39, 0.29) is 109 Å². The Bertz CT molecular complexity index is 1870. The van der Waals surface area contributed by atoms with Crippen LogP contribution in [0.15, 0.2) is 12.4 Å². The minimum absolute atomic E-state index is 0. The minimum atomic E-state index is -0.661. The fourth-order valence-corrected chi connectivity index (χ4v) is 8.17. The van der Waals surface area contributed by atoms with Gasteiger partial charge < -0.3 is 60.3 Å². The summed E-state index contributed by atoms with van der Waals surface area (Å²) in [7, 11) is 2.98. The van der Waals surface area contributed by atoms with Crippen LogP contribution in [-0.2, 0) is 51.3 Å². The molecule has 0 aliphatic heterocycles. The number of aromatic nitrogens is 6. The Labute approximate surface area is 511 Å². The first-order chi connectivity index (χ1) is 40.7. The molecular formula is C62H120N10O13. The molecule has 0 spiro atoms. The second kappa shape index (κ2) is 63.2. The predicted molar refractivity (Wildman–Crippen MR) is 334 cm³/mol. The van der Waals surface area contributed by atoms with Crippen LogP contribution in [0.25, 0.3) is 0 Å². The summed E-state index contributed by atoms with van der Waals surface area (Å²) in [6.07, 6.45) is 37.4. The van der Waals surface area contributed by atoms with Gasteiger partial charge in [0.1, 0.15) is 5.78 Å². The SMILES string of the molecule is C.CCCCCCCCCCC(=O)O.CCCCCCCCCCCC(C)=O.CCCCCCCn1cc(OCCC(=O)NCCC(=O)NC(CO)COC)nn1.CCCCCCn1cc(OCCC(=O)NCCC(=O)NC(CO)COC)nn1. The molecule has 2 heterocycles. The van der Waals surface area contributed by atoms with Crippen molar-refractivity contribution >= 4 is 35.4 Å². The average Bonchev–Trinajstić information content (AvgIpc) is 4.14. The Morgan fingerprint density at radius 3 is 1.13 bits per heavy atom. The molecule has 496 valence electrons. The number of unbranched alkanes of at least 4 members (excludes halogenated alkanes) is 22. The molecule has 0 radical (unpaired) electrons. The van der Waals surface area contributed by atoms with Gasteiger partial charge in [-0.2, -0.15) is 0 Å². The van der Waals surface area contributed by atoms with Gasteiger partial charge >= 0.3 is 5.97 Å². The molecule has 7 N–H and O–H groups in total. The Balaban J connectivity index is -0.00000111. The summed E-state index contributed by atoms with van der Waals surface area (Å²) in [6.45, 7) is 13.0. The fraction of sp³-hybridized carbons (Fsp3) is 0.839. The number of hydrogen-bond donors (Lipinski definition) is 7. The number of aliphatic carboxylic acids is 1. The Kier molecular flexibility index (Phi) is 62.5. The number of carbonyl (C=O) groups excluding carboxylic acids is 5. The summed E-state index contributed by atoms with van der Waals surface area (Å²) in [4.78, 5) is 67.8. The van der Waals surface area contributed by atoms with Gasteiger partial charge in [0, 0.05) is 66.1 Å². The van der Waals surface area contributed by atoms with Crippen molar-refractivity contribution in [2.75, 3.05) is 67.0 Å². The van der Waals surface area contributed by atoms with Crippen molar-refractivity contribution in [3.8, 4) is 11.8 Å². The van der Waals surface area contributed by atoms with Crippen molar-refractivity contribution in [2.24, 2.45) is 0 Å². The van der Waals surface area contributed by atoms with E-state index in [1.807, 2.05) is 0 Å². The van der Waals surface area contributed by atoms with E-state index in [1.54, 1.807) is 28.7 Å². The van der Waals surface area contributed by atoms with Crippen molar-refractivity contribution in [3.63, 3.8) is 0 Å². The van der Waals surface area contributed by atoms with Crippen LogP contribution in [0.5, 0.6) is 11.8 Å². The average molecular weight is 1210 g/mol. The van der Waals surface area contributed by atoms with Gasteiger partial charge in [-0.1, -0.05) is 197 Å². The van der Waals surface area contributed by atoms with Gasteiger partial charge in [0.25, 0.3) is 11.8 Å². The highest BCUT2D eigenvalue weighted by molar-refractivity contribution is 5.80. The predicted octanol–water partition coefficient (Wildman–Crippen LogP) is 9.64. The zero-order valence-corrected chi connectivity index (χ0v) is 53.1. The van der Waals surface area contributed by atoms with Crippen LogP contribution >= 0.6 is 0 Å². The number of methoxy groups -OCH3 is 2. The Morgan fingerprint density at radius 1 is 0.471 bits per heavy atom. The highest BCUT2D eigenvalue weighted by atomic mass is 16.5. The molecule has 2 unspecified atom stereocenters. The monoisotopic (exact) mass is 1210 g/mol. The van der Waals surface area contributed by atoms with E-state index in [9.17, 15) is 28.8 Å². The van der Waals surface area contributed by atoms with Gasteiger partial charge in [-0.05, 0) is 32.6 Å². The van der Waals surface area contributed by atoms with Gasteiger partial charge in [-0.15, -0.1) is 0 Å². The molecule has 2 atom stereocenters. The topological polar surface area (TPSA) is 310 Å². The number of nitrogens with one attached hydrogen (secondary N) is 4. The third-order valence-electron chi connectivity index (χ3n) is 13.1. The first kappa shape index (κ1) is 84.0.